The fraction of sp³-hybridized carbons (Fsp3) is 0.909. The van der Waals surface area contributed by atoms with Crippen molar-refractivity contribution in [1.82, 2.24) is 5.32 Å². The largest absolute Gasteiger partial charge is 0.481 e. The maximum Gasteiger partial charge on any atom is 0.309 e. The van der Waals surface area contributed by atoms with Gasteiger partial charge >= 0.3 is 5.97 Å². The van der Waals surface area contributed by atoms with Crippen molar-refractivity contribution < 1.29 is 9.90 Å². The minimum atomic E-state index is -0.706. The first-order valence-electron chi connectivity index (χ1n) is 5.57. The van der Waals surface area contributed by atoms with Crippen LogP contribution in [0.5, 0.6) is 0 Å². The molecule has 1 atom stereocenters. The van der Waals surface area contributed by atoms with Gasteiger partial charge in [0.1, 0.15) is 0 Å². The molecule has 4 heteroatoms. The van der Waals surface area contributed by atoms with Gasteiger partial charge in [-0.2, -0.15) is 11.8 Å². The Hall–Kier alpha value is -0.220. The summed E-state index contributed by atoms with van der Waals surface area (Å²) < 4.78 is 0. The molecule has 0 aromatic heterocycles. The van der Waals surface area contributed by atoms with Gasteiger partial charge in [-0.1, -0.05) is 0 Å². The lowest BCUT2D eigenvalue weighted by Crippen LogP contribution is -2.37. The average molecular weight is 231 g/mol. The molecule has 0 spiro atoms. The second-order valence-electron chi connectivity index (χ2n) is 4.81. The predicted molar refractivity (Wildman–Crippen MR) is 64.4 cm³/mol. The van der Waals surface area contributed by atoms with E-state index in [1.165, 1.54) is 24.3 Å². The molecule has 0 aromatic rings. The summed E-state index contributed by atoms with van der Waals surface area (Å²) in [5, 5.41) is 12.4. The Morgan fingerprint density at radius 3 is 2.87 bits per heavy atom. The van der Waals surface area contributed by atoms with Crippen molar-refractivity contribution in [1.29, 1.82) is 0 Å². The Morgan fingerprint density at radius 1 is 1.60 bits per heavy atom. The fourth-order valence-electron chi connectivity index (χ4n) is 1.60. The van der Waals surface area contributed by atoms with Crippen LogP contribution in [0, 0.1) is 5.41 Å². The number of rotatable bonds is 5. The van der Waals surface area contributed by atoms with Crippen LogP contribution in [0.25, 0.3) is 0 Å². The predicted octanol–water partition coefficient (Wildman–Crippen LogP) is 1.97. The lowest BCUT2D eigenvalue weighted by Gasteiger charge is -2.25. The van der Waals surface area contributed by atoms with Gasteiger partial charge in [0, 0.05) is 11.8 Å². The number of aliphatic carboxylic acids is 1. The molecule has 1 saturated heterocycles. The summed E-state index contributed by atoms with van der Waals surface area (Å²) in [5.41, 5.74) is -0.602. The number of hydrogen-bond donors (Lipinski definition) is 2. The van der Waals surface area contributed by atoms with Crippen LogP contribution in [-0.4, -0.2) is 35.2 Å². The normalized spacial score (nSPS) is 22.7. The maximum atomic E-state index is 10.9. The Kier molecular flexibility index (Phi) is 4.93. The second-order valence-corrected chi connectivity index (χ2v) is 5.96. The van der Waals surface area contributed by atoms with E-state index in [1.807, 2.05) is 11.8 Å². The van der Waals surface area contributed by atoms with Gasteiger partial charge in [-0.25, -0.2) is 0 Å². The fourth-order valence-corrected chi connectivity index (χ4v) is 2.70. The highest BCUT2D eigenvalue weighted by Crippen LogP contribution is 2.21. The third-order valence-corrected chi connectivity index (χ3v) is 4.14. The molecule has 1 unspecified atom stereocenters. The highest BCUT2D eigenvalue weighted by molar-refractivity contribution is 7.99. The number of hydrogen-bond acceptors (Lipinski definition) is 3. The summed E-state index contributed by atoms with van der Waals surface area (Å²) in [5.74, 6) is 1.74. The number of carboxylic acids is 1. The maximum absolute atomic E-state index is 10.9. The third-order valence-electron chi connectivity index (χ3n) is 2.92. The van der Waals surface area contributed by atoms with E-state index >= 15 is 0 Å². The first-order valence-corrected chi connectivity index (χ1v) is 6.72. The number of thioether (sulfide) groups is 1. The molecule has 1 fully saturated rings. The summed E-state index contributed by atoms with van der Waals surface area (Å²) in [4.78, 5) is 10.9. The zero-order chi connectivity index (χ0) is 11.3. The van der Waals surface area contributed by atoms with Crippen LogP contribution in [0.3, 0.4) is 0 Å². The van der Waals surface area contributed by atoms with Crippen molar-refractivity contribution >= 4 is 17.7 Å². The Bertz CT molecular complexity index is 213. The summed E-state index contributed by atoms with van der Waals surface area (Å²) in [7, 11) is 0. The van der Waals surface area contributed by atoms with E-state index in [0.29, 0.717) is 12.5 Å². The van der Waals surface area contributed by atoms with E-state index in [4.69, 9.17) is 5.11 Å². The van der Waals surface area contributed by atoms with Crippen molar-refractivity contribution in [3.8, 4) is 0 Å². The monoisotopic (exact) mass is 231 g/mol. The van der Waals surface area contributed by atoms with Gasteiger partial charge in [0.15, 0.2) is 0 Å². The second kappa shape index (κ2) is 5.75. The molecule has 0 saturated carbocycles. The van der Waals surface area contributed by atoms with E-state index in [9.17, 15) is 4.79 Å². The molecule has 1 aliphatic heterocycles. The molecule has 0 aliphatic carbocycles. The zero-order valence-electron chi connectivity index (χ0n) is 9.58. The standard InChI is InChI=1S/C11H21NO2S/c1-11(2,10(13)14)5-6-12-9-4-3-7-15-8-9/h9,12H,3-8H2,1-2H3,(H,13,14). The van der Waals surface area contributed by atoms with Gasteiger partial charge in [0.2, 0.25) is 0 Å². The van der Waals surface area contributed by atoms with Gasteiger partial charge in [-0.15, -0.1) is 0 Å². The Morgan fingerprint density at radius 2 is 2.33 bits per heavy atom. The Balaban J connectivity index is 2.17. The van der Waals surface area contributed by atoms with Crippen LogP contribution in [-0.2, 0) is 4.79 Å². The summed E-state index contributed by atoms with van der Waals surface area (Å²) in [6.45, 7) is 4.38. The Labute approximate surface area is 96.0 Å². The number of carbonyl (C=O) groups is 1. The number of nitrogens with one attached hydrogen (secondary N) is 1. The minimum Gasteiger partial charge on any atom is -0.481 e. The molecule has 0 radical (unpaired) electrons. The van der Waals surface area contributed by atoms with Crippen LogP contribution < -0.4 is 5.32 Å². The van der Waals surface area contributed by atoms with Crippen LogP contribution in [0.15, 0.2) is 0 Å². The quantitative estimate of drug-likeness (QED) is 0.759. The molecule has 0 bridgehead atoms. The van der Waals surface area contributed by atoms with Gasteiger partial charge < -0.3 is 10.4 Å². The SMILES string of the molecule is CC(C)(CCNC1CCCSC1)C(=O)O. The molecule has 2 N–H and O–H groups in total. The van der Waals surface area contributed by atoms with Gasteiger partial charge in [-0.05, 0) is 45.4 Å². The molecule has 1 aliphatic rings. The van der Waals surface area contributed by atoms with E-state index in [2.05, 4.69) is 5.32 Å². The summed E-state index contributed by atoms with van der Waals surface area (Å²) in [6.07, 6.45) is 3.22. The van der Waals surface area contributed by atoms with Gasteiger partial charge in [0.05, 0.1) is 5.41 Å². The van der Waals surface area contributed by atoms with E-state index in [-0.39, 0.29) is 0 Å². The van der Waals surface area contributed by atoms with E-state index < -0.39 is 11.4 Å². The highest BCUT2D eigenvalue weighted by atomic mass is 32.2. The topological polar surface area (TPSA) is 49.3 Å². The number of carboxylic acid groups (broad SMARTS) is 1. The van der Waals surface area contributed by atoms with Crippen molar-refractivity contribution in [3.63, 3.8) is 0 Å². The lowest BCUT2D eigenvalue weighted by atomic mass is 9.89. The van der Waals surface area contributed by atoms with Gasteiger partial charge in [0.25, 0.3) is 0 Å². The molecule has 1 rings (SSSR count). The van der Waals surface area contributed by atoms with Crippen molar-refractivity contribution in [2.45, 2.75) is 39.2 Å². The zero-order valence-corrected chi connectivity index (χ0v) is 10.4. The third kappa shape index (κ3) is 4.43. The smallest absolute Gasteiger partial charge is 0.309 e. The van der Waals surface area contributed by atoms with Gasteiger partial charge in [-0.3, -0.25) is 4.79 Å². The first kappa shape index (κ1) is 12.8. The average Bonchev–Trinajstić information content (AvgIpc) is 2.19. The first-order chi connectivity index (χ1) is 7.02. The van der Waals surface area contributed by atoms with E-state index in [1.54, 1.807) is 13.8 Å². The molecule has 15 heavy (non-hydrogen) atoms. The van der Waals surface area contributed by atoms with Crippen LogP contribution in [0.1, 0.15) is 33.1 Å². The molecule has 3 nitrogen and oxygen atoms in total. The van der Waals surface area contributed by atoms with Crippen LogP contribution >= 0.6 is 11.8 Å². The molecular formula is C11H21NO2S. The molecule has 1 heterocycles. The highest BCUT2D eigenvalue weighted by Gasteiger charge is 2.26. The van der Waals surface area contributed by atoms with Crippen molar-refractivity contribution in [2.24, 2.45) is 5.41 Å². The summed E-state index contributed by atoms with van der Waals surface area (Å²) in [6, 6.07) is 0.591. The van der Waals surface area contributed by atoms with Crippen LogP contribution in [0.2, 0.25) is 0 Å². The summed E-state index contributed by atoms with van der Waals surface area (Å²) >= 11 is 1.99. The van der Waals surface area contributed by atoms with Crippen molar-refractivity contribution in [2.75, 3.05) is 18.1 Å². The minimum absolute atomic E-state index is 0.591. The molecule has 0 aromatic carbocycles. The lowest BCUT2D eigenvalue weighted by molar-refractivity contribution is -0.147. The van der Waals surface area contributed by atoms with E-state index in [0.717, 1.165) is 6.54 Å². The van der Waals surface area contributed by atoms with Crippen molar-refractivity contribution in [3.05, 3.63) is 0 Å². The molecule has 0 amide bonds. The molecular weight excluding hydrogens is 210 g/mol. The molecule has 88 valence electrons. The van der Waals surface area contributed by atoms with Crippen LogP contribution in [0.4, 0.5) is 0 Å².